The van der Waals surface area contributed by atoms with E-state index in [1.165, 1.54) is 12.3 Å². The van der Waals surface area contributed by atoms with Crippen molar-refractivity contribution in [2.24, 2.45) is 5.92 Å². The van der Waals surface area contributed by atoms with Crippen molar-refractivity contribution in [2.45, 2.75) is 11.9 Å². The van der Waals surface area contributed by atoms with Crippen LogP contribution in [0, 0.1) is 5.92 Å². The standard InChI is InChI=1S/C11H15N3O3S/c1-8(6-12-2)7-14-11(15)9-4-3-5-13-10(9)18(14,16)17/h3-5,8,12H,6-7H2,1-2H3. The first kappa shape index (κ1) is 13.0. The Morgan fingerprint density at radius 2 is 2.22 bits per heavy atom. The van der Waals surface area contributed by atoms with E-state index in [-0.39, 0.29) is 23.1 Å². The largest absolute Gasteiger partial charge is 0.319 e. The van der Waals surface area contributed by atoms with Crippen molar-refractivity contribution in [2.75, 3.05) is 20.1 Å². The van der Waals surface area contributed by atoms with E-state index in [9.17, 15) is 13.2 Å². The number of hydrogen-bond donors (Lipinski definition) is 1. The number of hydrogen-bond acceptors (Lipinski definition) is 5. The van der Waals surface area contributed by atoms with Gasteiger partial charge in [0.05, 0.1) is 5.56 Å². The van der Waals surface area contributed by atoms with E-state index >= 15 is 0 Å². The lowest BCUT2D eigenvalue weighted by atomic mass is 10.2. The summed E-state index contributed by atoms with van der Waals surface area (Å²) >= 11 is 0. The van der Waals surface area contributed by atoms with Gasteiger partial charge in [0.2, 0.25) is 0 Å². The Hall–Kier alpha value is -1.47. The number of carbonyl (C=O) groups is 1. The molecule has 18 heavy (non-hydrogen) atoms. The maximum absolute atomic E-state index is 12.2. The van der Waals surface area contributed by atoms with Crippen LogP contribution < -0.4 is 5.32 Å². The lowest BCUT2D eigenvalue weighted by molar-refractivity contribution is 0.0859. The zero-order chi connectivity index (χ0) is 13.3. The maximum atomic E-state index is 12.2. The molecule has 7 heteroatoms. The third-order valence-corrected chi connectivity index (χ3v) is 4.50. The van der Waals surface area contributed by atoms with Gasteiger partial charge in [0.1, 0.15) is 0 Å². The van der Waals surface area contributed by atoms with Crippen molar-refractivity contribution in [1.82, 2.24) is 14.6 Å². The van der Waals surface area contributed by atoms with Crippen LogP contribution in [0.5, 0.6) is 0 Å². The minimum Gasteiger partial charge on any atom is -0.319 e. The molecule has 0 radical (unpaired) electrons. The van der Waals surface area contributed by atoms with Gasteiger partial charge in [-0.15, -0.1) is 0 Å². The van der Waals surface area contributed by atoms with Crippen LogP contribution in [0.4, 0.5) is 0 Å². The predicted octanol–water partition coefficient (Wildman–Crippen LogP) is 0.0816. The highest BCUT2D eigenvalue weighted by Crippen LogP contribution is 2.28. The summed E-state index contributed by atoms with van der Waals surface area (Å²) < 4.78 is 25.2. The molecule has 2 rings (SSSR count). The molecule has 0 aromatic carbocycles. The Morgan fingerprint density at radius 1 is 1.50 bits per heavy atom. The second-order valence-corrected chi connectivity index (χ2v) is 6.14. The van der Waals surface area contributed by atoms with E-state index in [4.69, 9.17) is 0 Å². The quantitative estimate of drug-likeness (QED) is 0.837. The van der Waals surface area contributed by atoms with Crippen LogP contribution in [0.25, 0.3) is 0 Å². The van der Waals surface area contributed by atoms with Crippen LogP contribution in [-0.4, -0.2) is 43.8 Å². The first-order valence-electron chi connectivity index (χ1n) is 5.65. The molecule has 1 aliphatic rings. The topological polar surface area (TPSA) is 79.4 Å². The lowest BCUT2D eigenvalue weighted by Crippen LogP contribution is -2.36. The minimum absolute atomic E-state index is 0.0445. The summed E-state index contributed by atoms with van der Waals surface area (Å²) in [6, 6.07) is 3.05. The molecule has 0 aliphatic carbocycles. The van der Waals surface area contributed by atoms with Gasteiger partial charge in [-0.25, -0.2) is 9.29 Å². The number of fused-ring (bicyclic) bond motifs is 1. The number of nitrogens with zero attached hydrogens (tertiary/aromatic N) is 2. The summed E-state index contributed by atoms with van der Waals surface area (Å²) in [4.78, 5) is 15.8. The normalized spacial score (nSPS) is 18.8. The van der Waals surface area contributed by atoms with Gasteiger partial charge >= 0.3 is 0 Å². The Morgan fingerprint density at radius 3 is 2.83 bits per heavy atom. The molecule has 0 saturated carbocycles. The van der Waals surface area contributed by atoms with Crippen LogP contribution in [0.15, 0.2) is 23.4 Å². The van der Waals surface area contributed by atoms with Crippen molar-refractivity contribution in [3.8, 4) is 0 Å². The molecule has 0 spiro atoms. The lowest BCUT2D eigenvalue weighted by Gasteiger charge is -2.19. The van der Waals surface area contributed by atoms with Crippen molar-refractivity contribution < 1.29 is 13.2 Å². The predicted molar refractivity (Wildman–Crippen MR) is 65.6 cm³/mol. The molecule has 98 valence electrons. The Balaban J connectivity index is 2.34. The molecule has 6 nitrogen and oxygen atoms in total. The average molecular weight is 269 g/mol. The Labute approximate surface area is 106 Å². The monoisotopic (exact) mass is 269 g/mol. The third-order valence-electron chi connectivity index (χ3n) is 2.79. The van der Waals surface area contributed by atoms with Crippen LogP contribution in [-0.2, 0) is 10.0 Å². The number of sulfonamides is 1. The fraction of sp³-hybridized carbons (Fsp3) is 0.455. The summed E-state index contributed by atoms with van der Waals surface area (Å²) in [6.45, 7) is 2.69. The summed E-state index contributed by atoms with van der Waals surface area (Å²) in [6.07, 6.45) is 1.38. The SMILES string of the molecule is CNCC(C)CN1C(=O)c2cccnc2S1(=O)=O. The zero-order valence-corrected chi connectivity index (χ0v) is 11.1. The summed E-state index contributed by atoms with van der Waals surface area (Å²) in [5, 5.41) is 2.82. The van der Waals surface area contributed by atoms with Gasteiger partial charge in [-0.3, -0.25) is 4.79 Å². The molecular weight excluding hydrogens is 254 g/mol. The molecule has 1 amide bonds. The second kappa shape index (κ2) is 4.66. The van der Waals surface area contributed by atoms with Crippen LogP contribution in [0.1, 0.15) is 17.3 Å². The molecule has 0 fully saturated rings. The number of rotatable bonds is 4. The van der Waals surface area contributed by atoms with Crippen molar-refractivity contribution in [1.29, 1.82) is 0 Å². The van der Waals surface area contributed by atoms with Crippen LogP contribution in [0.2, 0.25) is 0 Å². The molecule has 1 unspecified atom stereocenters. The van der Waals surface area contributed by atoms with E-state index in [1.54, 1.807) is 13.1 Å². The van der Waals surface area contributed by atoms with Gasteiger partial charge in [0, 0.05) is 12.7 Å². The second-order valence-electron chi connectivity index (χ2n) is 4.36. The van der Waals surface area contributed by atoms with Crippen molar-refractivity contribution in [3.63, 3.8) is 0 Å². The fourth-order valence-corrected chi connectivity index (χ4v) is 3.59. The number of pyridine rings is 1. The first-order chi connectivity index (χ1) is 8.48. The highest BCUT2D eigenvalue weighted by molar-refractivity contribution is 7.90. The van der Waals surface area contributed by atoms with Gasteiger partial charge in [0.25, 0.3) is 15.9 Å². The molecule has 2 heterocycles. The molecule has 0 saturated heterocycles. The smallest absolute Gasteiger partial charge is 0.285 e. The van der Waals surface area contributed by atoms with Gasteiger partial charge < -0.3 is 5.32 Å². The molecule has 0 bridgehead atoms. The van der Waals surface area contributed by atoms with Crippen LogP contribution in [0.3, 0.4) is 0 Å². The number of nitrogens with one attached hydrogen (secondary N) is 1. The first-order valence-corrected chi connectivity index (χ1v) is 7.09. The highest BCUT2D eigenvalue weighted by atomic mass is 32.2. The molecule has 1 aromatic heterocycles. The molecule has 1 N–H and O–H groups in total. The van der Waals surface area contributed by atoms with Gasteiger partial charge in [-0.1, -0.05) is 6.92 Å². The Bertz CT molecular complexity index is 571. The van der Waals surface area contributed by atoms with Gasteiger partial charge in [-0.2, -0.15) is 8.42 Å². The van der Waals surface area contributed by atoms with E-state index in [1.807, 2.05) is 6.92 Å². The van der Waals surface area contributed by atoms with Crippen LogP contribution >= 0.6 is 0 Å². The van der Waals surface area contributed by atoms with E-state index in [2.05, 4.69) is 10.3 Å². The summed E-state index contributed by atoms with van der Waals surface area (Å²) in [7, 11) is -1.98. The van der Waals surface area contributed by atoms with Gasteiger partial charge in [0.15, 0.2) is 5.03 Å². The molecule has 1 atom stereocenters. The third kappa shape index (κ3) is 1.99. The zero-order valence-electron chi connectivity index (χ0n) is 10.3. The highest BCUT2D eigenvalue weighted by Gasteiger charge is 2.42. The molecule has 1 aliphatic heterocycles. The van der Waals surface area contributed by atoms with Crippen molar-refractivity contribution >= 4 is 15.9 Å². The maximum Gasteiger partial charge on any atom is 0.285 e. The summed E-state index contributed by atoms with van der Waals surface area (Å²) in [5.41, 5.74) is 0.161. The average Bonchev–Trinajstić information content (AvgIpc) is 2.52. The summed E-state index contributed by atoms with van der Waals surface area (Å²) in [5.74, 6) is -0.441. The fourth-order valence-electron chi connectivity index (χ4n) is 1.98. The van der Waals surface area contributed by atoms with E-state index in [0.29, 0.717) is 6.54 Å². The molecular formula is C11H15N3O3S. The van der Waals surface area contributed by atoms with E-state index < -0.39 is 15.9 Å². The molecule has 1 aromatic rings. The van der Waals surface area contributed by atoms with E-state index in [0.717, 1.165) is 4.31 Å². The Kier molecular flexibility index (Phi) is 3.36. The van der Waals surface area contributed by atoms with Crippen molar-refractivity contribution in [3.05, 3.63) is 23.9 Å². The van der Waals surface area contributed by atoms with Gasteiger partial charge in [-0.05, 0) is 31.6 Å². The minimum atomic E-state index is -3.76. The number of amides is 1. The number of aromatic nitrogens is 1. The number of carbonyl (C=O) groups excluding carboxylic acids is 1.